The van der Waals surface area contributed by atoms with Gasteiger partial charge in [0.25, 0.3) is 0 Å². The van der Waals surface area contributed by atoms with Gasteiger partial charge in [-0.3, -0.25) is 4.79 Å². The molecule has 1 aromatic carbocycles. The van der Waals surface area contributed by atoms with Crippen LogP contribution in [0.15, 0.2) is 18.2 Å². The Hall–Kier alpha value is -2.42. The fourth-order valence-corrected chi connectivity index (χ4v) is 1.93. The van der Waals surface area contributed by atoms with Crippen LogP contribution < -0.4 is 5.32 Å². The van der Waals surface area contributed by atoms with Crippen LogP contribution in [0.5, 0.6) is 0 Å². The van der Waals surface area contributed by atoms with Crippen molar-refractivity contribution in [3.63, 3.8) is 0 Å². The number of aromatic carboxylic acids is 2. The molecule has 0 heterocycles. The molecule has 1 amide bonds. The lowest BCUT2D eigenvalue weighted by Gasteiger charge is -2.07. The van der Waals surface area contributed by atoms with Gasteiger partial charge in [0.2, 0.25) is 5.91 Å². The molecule has 9 heteroatoms. The molecule has 0 bridgehead atoms. The molecule has 8 nitrogen and oxygen atoms in total. The minimum atomic E-state index is -3.54. The molecule has 0 aliphatic rings. The number of amides is 1. The van der Waals surface area contributed by atoms with Gasteiger partial charge in [0.1, 0.15) is 5.75 Å². The van der Waals surface area contributed by atoms with E-state index in [0.29, 0.717) is 0 Å². The van der Waals surface area contributed by atoms with E-state index in [1.54, 1.807) is 0 Å². The first kappa shape index (κ1) is 15.6. The Bertz CT molecular complexity index is 646. The topological polar surface area (TPSA) is 138 Å². The highest BCUT2D eigenvalue weighted by Gasteiger charge is 2.15. The fourth-order valence-electron chi connectivity index (χ4n) is 1.38. The quantitative estimate of drug-likeness (QED) is 0.699. The van der Waals surface area contributed by atoms with Gasteiger partial charge in [0, 0.05) is 11.9 Å². The van der Waals surface area contributed by atoms with Crippen LogP contribution in [0.4, 0.5) is 5.69 Å². The zero-order valence-electron chi connectivity index (χ0n) is 10.3. The van der Waals surface area contributed by atoms with Gasteiger partial charge in [-0.25, -0.2) is 18.0 Å². The van der Waals surface area contributed by atoms with Crippen LogP contribution >= 0.6 is 0 Å². The first-order chi connectivity index (χ1) is 9.08. The lowest BCUT2D eigenvalue weighted by Crippen LogP contribution is -2.22. The number of hydrogen-bond donors (Lipinski definition) is 3. The minimum Gasteiger partial charge on any atom is -0.478 e. The lowest BCUT2D eigenvalue weighted by atomic mass is 10.1. The third-order valence-corrected chi connectivity index (χ3v) is 2.89. The van der Waals surface area contributed by atoms with Crippen molar-refractivity contribution in [1.82, 2.24) is 0 Å². The summed E-state index contributed by atoms with van der Waals surface area (Å²) in [6.07, 6.45) is 0.864. The molecule has 0 saturated heterocycles. The summed E-state index contributed by atoms with van der Waals surface area (Å²) in [6.45, 7) is 0. The lowest BCUT2D eigenvalue weighted by molar-refractivity contribution is -0.113. The largest absolute Gasteiger partial charge is 0.478 e. The average Bonchev–Trinajstić information content (AvgIpc) is 2.25. The van der Waals surface area contributed by atoms with E-state index < -0.39 is 33.4 Å². The molecule has 0 aliphatic carbocycles. The molecule has 0 radical (unpaired) electrons. The summed E-state index contributed by atoms with van der Waals surface area (Å²) in [6, 6.07) is 3.00. The Balaban J connectivity index is 3.09. The highest BCUT2D eigenvalue weighted by Crippen LogP contribution is 2.15. The molecule has 20 heavy (non-hydrogen) atoms. The predicted molar refractivity (Wildman–Crippen MR) is 68.7 cm³/mol. The number of carbonyl (C=O) groups excluding carboxylic acids is 1. The number of sulfone groups is 1. The third-order valence-electron chi connectivity index (χ3n) is 2.10. The Morgan fingerprint density at radius 3 is 1.85 bits per heavy atom. The Kier molecular flexibility index (Phi) is 4.45. The standard InChI is InChI=1S/C11H11NO7S/c1-20(18,19)5-9(13)12-8-3-6(10(14)15)2-7(4-8)11(16)17/h2-4H,5H2,1H3,(H,12,13)(H,14,15)(H,16,17). The van der Waals surface area contributed by atoms with Crippen molar-refractivity contribution >= 4 is 33.4 Å². The molecular weight excluding hydrogens is 290 g/mol. The summed E-state index contributed by atoms with van der Waals surface area (Å²) in [5.74, 6) is -4.41. The van der Waals surface area contributed by atoms with Crippen molar-refractivity contribution in [2.75, 3.05) is 17.3 Å². The maximum Gasteiger partial charge on any atom is 0.335 e. The van der Waals surface area contributed by atoms with Gasteiger partial charge in [-0.1, -0.05) is 0 Å². The summed E-state index contributed by atoms with van der Waals surface area (Å²) < 4.78 is 21.9. The van der Waals surface area contributed by atoms with E-state index in [2.05, 4.69) is 5.32 Å². The molecule has 0 saturated carbocycles. The number of hydrogen-bond acceptors (Lipinski definition) is 5. The predicted octanol–water partition coefficient (Wildman–Crippen LogP) is 0.0661. The number of anilines is 1. The van der Waals surface area contributed by atoms with Crippen molar-refractivity contribution in [3.8, 4) is 0 Å². The van der Waals surface area contributed by atoms with E-state index >= 15 is 0 Å². The Morgan fingerprint density at radius 1 is 1.05 bits per heavy atom. The SMILES string of the molecule is CS(=O)(=O)CC(=O)Nc1cc(C(=O)O)cc(C(=O)O)c1. The zero-order chi connectivity index (χ0) is 15.5. The fraction of sp³-hybridized carbons (Fsp3) is 0.182. The summed E-state index contributed by atoms with van der Waals surface area (Å²) in [5.41, 5.74) is -0.768. The van der Waals surface area contributed by atoms with Gasteiger partial charge in [-0.2, -0.15) is 0 Å². The summed E-state index contributed by atoms with van der Waals surface area (Å²) in [7, 11) is -3.54. The van der Waals surface area contributed by atoms with E-state index in [4.69, 9.17) is 10.2 Å². The van der Waals surface area contributed by atoms with Crippen molar-refractivity contribution in [2.45, 2.75) is 0 Å². The van der Waals surface area contributed by atoms with Gasteiger partial charge in [0.05, 0.1) is 11.1 Å². The Morgan fingerprint density at radius 2 is 1.50 bits per heavy atom. The van der Waals surface area contributed by atoms with Gasteiger partial charge in [0.15, 0.2) is 9.84 Å². The number of benzene rings is 1. The monoisotopic (exact) mass is 301 g/mol. The molecule has 1 aromatic rings. The van der Waals surface area contributed by atoms with Gasteiger partial charge < -0.3 is 15.5 Å². The van der Waals surface area contributed by atoms with Crippen LogP contribution in [0, 0.1) is 0 Å². The van der Waals surface area contributed by atoms with Crippen LogP contribution in [0.2, 0.25) is 0 Å². The second kappa shape index (κ2) is 5.70. The molecule has 0 aliphatic heterocycles. The van der Waals surface area contributed by atoms with E-state index in [1.165, 1.54) is 0 Å². The summed E-state index contributed by atoms with van der Waals surface area (Å²) in [4.78, 5) is 33.1. The van der Waals surface area contributed by atoms with Gasteiger partial charge in [-0.05, 0) is 18.2 Å². The molecule has 0 atom stereocenters. The summed E-state index contributed by atoms with van der Waals surface area (Å²) >= 11 is 0. The molecular formula is C11H11NO7S. The van der Waals surface area contributed by atoms with E-state index in [-0.39, 0.29) is 16.8 Å². The van der Waals surface area contributed by atoms with Crippen molar-refractivity contribution in [3.05, 3.63) is 29.3 Å². The maximum absolute atomic E-state index is 11.4. The number of carboxylic acids is 2. The molecule has 3 N–H and O–H groups in total. The van der Waals surface area contributed by atoms with Gasteiger partial charge in [-0.15, -0.1) is 0 Å². The van der Waals surface area contributed by atoms with Crippen molar-refractivity contribution in [1.29, 1.82) is 0 Å². The molecule has 0 spiro atoms. The maximum atomic E-state index is 11.4. The molecule has 1 rings (SSSR count). The second-order valence-corrected chi connectivity index (χ2v) is 6.17. The number of carboxylic acid groups (broad SMARTS) is 2. The number of carbonyl (C=O) groups is 3. The van der Waals surface area contributed by atoms with Crippen LogP contribution in [-0.4, -0.2) is 48.5 Å². The third kappa shape index (κ3) is 4.69. The van der Waals surface area contributed by atoms with Crippen LogP contribution in [0.1, 0.15) is 20.7 Å². The molecule has 108 valence electrons. The van der Waals surface area contributed by atoms with E-state index in [9.17, 15) is 22.8 Å². The summed E-state index contributed by atoms with van der Waals surface area (Å²) in [5, 5.41) is 19.8. The molecule has 0 aromatic heterocycles. The van der Waals surface area contributed by atoms with E-state index in [0.717, 1.165) is 24.5 Å². The first-order valence-corrected chi connectivity index (χ1v) is 7.24. The van der Waals surface area contributed by atoms with Crippen molar-refractivity contribution < 1.29 is 33.0 Å². The average molecular weight is 301 g/mol. The number of rotatable bonds is 5. The first-order valence-electron chi connectivity index (χ1n) is 5.18. The highest BCUT2D eigenvalue weighted by molar-refractivity contribution is 7.91. The normalized spacial score (nSPS) is 10.8. The zero-order valence-corrected chi connectivity index (χ0v) is 11.1. The van der Waals surface area contributed by atoms with Crippen LogP contribution in [0.3, 0.4) is 0 Å². The highest BCUT2D eigenvalue weighted by atomic mass is 32.2. The van der Waals surface area contributed by atoms with E-state index in [1.807, 2.05) is 0 Å². The number of nitrogens with one attached hydrogen (secondary N) is 1. The second-order valence-electron chi connectivity index (χ2n) is 4.03. The van der Waals surface area contributed by atoms with Gasteiger partial charge >= 0.3 is 11.9 Å². The molecule has 0 unspecified atom stereocenters. The smallest absolute Gasteiger partial charge is 0.335 e. The van der Waals surface area contributed by atoms with Crippen LogP contribution in [0.25, 0.3) is 0 Å². The van der Waals surface area contributed by atoms with Crippen molar-refractivity contribution in [2.24, 2.45) is 0 Å². The van der Waals surface area contributed by atoms with Crippen LogP contribution in [-0.2, 0) is 14.6 Å². The minimum absolute atomic E-state index is 0.101. The Labute approximate surface area is 114 Å². The molecule has 0 fully saturated rings.